The van der Waals surface area contributed by atoms with E-state index in [-0.39, 0.29) is 18.1 Å². The highest BCUT2D eigenvalue weighted by Gasteiger charge is 2.26. The summed E-state index contributed by atoms with van der Waals surface area (Å²) < 4.78 is 13.2. The number of rotatable bonds is 11. The van der Waals surface area contributed by atoms with Crippen LogP contribution in [0.4, 0.5) is 0 Å². The first-order valence-electron chi connectivity index (χ1n) is 12.3. The number of hydrogen-bond acceptors (Lipinski definition) is 4. The van der Waals surface area contributed by atoms with Crippen molar-refractivity contribution in [1.29, 1.82) is 0 Å². The quantitative estimate of drug-likeness (QED) is 0.174. The Hall–Kier alpha value is -2.87. The number of aromatic nitrogens is 2. The van der Waals surface area contributed by atoms with Crippen LogP contribution in [0.1, 0.15) is 29.9 Å². The lowest BCUT2D eigenvalue weighted by Crippen LogP contribution is -2.39. The van der Waals surface area contributed by atoms with Crippen molar-refractivity contribution in [1.82, 2.24) is 14.7 Å². The number of benzene rings is 3. The van der Waals surface area contributed by atoms with Crippen LogP contribution >= 0.6 is 34.8 Å². The second kappa shape index (κ2) is 13.3. The van der Waals surface area contributed by atoms with Gasteiger partial charge in [0, 0.05) is 35.4 Å². The second-order valence-electron chi connectivity index (χ2n) is 8.44. The van der Waals surface area contributed by atoms with E-state index in [1.807, 2.05) is 56.3 Å². The Labute approximate surface area is 237 Å². The fourth-order valence-corrected chi connectivity index (χ4v) is 4.65. The molecule has 0 N–H and O–H groups in total. The summed E-state index contributed by atoms with van der Waals surface area (Å²) in [5.74, 6) is -0.266. The van der Waals surface area contributed by atoms with E-state index >= 15 is 0 Å². The lowest BCUT2D eigenvalue weighted by atomic mass is 10.1. The zero-order valence-corrected chi connectivity index (χ0v) is 23.4. The Morgan fingerprint density at radius 2 is 1.55 bits per heavy atom. The first kappa shape index (κ1) is 28.1. The van der Waals surface area contributed by atoms with Crippen LogP contribution in [0.15, 0.2) is 78.9 Å². The van der Waals surface area contributed by atoms with Gasteiger partial charge in [0.2, 0.25) is 0 Å². The van der Waals surface area contributed by atoms with Gasteiger partial charge in [0.1, 0.15) is 0 Å². The molecule has 1 aromatic heterocycles. The third kappa shape index (κ3) is 6.95. The Morgan fingerprint density at radius 1 is 0.895 bits per heavy atom. The van der Waals surface area contributed by atoms with Crippen LogP contribution in [0, 0.1) is 0 Å². The van der Waals surface area contributed by atoms with Crippen LogP contribution in [-0.2, 0) is 16.0 Å². The summed E-state index contributed by atoms with van der Waals surface area (Å²) in [7, 11) is 0. The molecule has 6 nitrogen and oxygen atoms in total. The van der Waals surface area contributed by atoms with Crippen molar-refractivity contribution < 1.29 is 14.3 Å². The maximum atomic E-state index is 14.0. The molecule has 0 aliphatic carbocycles. The molecule has 0 bridgehead atoms. The third-order valence-electron chi connectivity index (χ3n) is 5.78. The minimum absolute atomic E-state index is 0.236. The molecular weight excluding hydrogens is 545 g/mol. The molecule has 1 heterocycles. The molecule has 0 aliphatic rings. The predicted octanol–water partition coefficient (Wildman–Crippen LogP) is 7.54. The number of ether oxygens (including phenoxy) is 2. The molecule has 3 aromatic carbocycles. The standard InChI is InChI=1S/C29H28Cl3N3O3/c1-3-37-28(38-4-2)19-34(18-20-8-6-5-7-9-20)29(36)25-17-27(21-10-12-22(30)13-11-21)35(33-25)26-15-14-23(31)16-24(26)32/h5-17,28H,3-4,18-19H2,1-2H3. The average molecular weight is 573 g/mol. The van der Waals surface area contributed by atoms with Gasteiger partial charge in [0.15, 0.2) is 12.0 Å². The molecule has 0 saturated carbocycles. The van der Waals surface area contributed by atoms with Crippen LogP contribution in [0.25, 0.3) is 16.9 Å². The van der Waals surface area contributed by atoms with E-state index in [1.54, 1.807) is 46.0 Å². The molecule has 0 saturated heterocycles. The van der Waals surface area contributed by atoms with Gasteiger partial charge in [-0.1, -0.05) is 77.3 Å². The zero-order valence-electron chi connectivity index (χ0n) is 21.1. The normalized spacial score (nSPS) is 11.2. The Kier molecular flexibility index (Phi) is 9.83. The van der Waals surface area contributed by atoms with Gasteiger partial charge in [-0.15, -0.1) is 0 Å². The summed E-state index contributed by atoms with van der Waals surface area (Å²) in [6, 6.07) is 24.0. The number of carbonyl (C=O) groups excluding carboxylic acids is 1. The largest absolute Gasteiger partial charge is 0.351 e. The predicted molar refractivity (Wildman–Crippen MR) is 152 cm³/mol. The number of halogens is 3. The van der Waals surface area contributed by atoms with E-state index in [9.17, 15) is 4.79 Å². The van der Waals surface area contributed by atoms with Gasteiger partial charge in [0.05, 0.1) is 22.9 Å². The van der Waals surface area contributed by atoms with E-state index in [4.69, 9.17) is 49.4 Å². The molecule has 1 amide bonds. The van der Waals surface area contributed by atoms with Crippen molar-refractivity contribution in [2.75, 3.05) is 19.8 Å². The van der Waals surface area contributed by atoms with Crippen LogP contribution in [0.5, 0.6) is 0 Å². The fourth-order valence-electron chi connectivity index (χ4n) is 4.04. The molecule has 0 unspecified atom stereocenters. The fraction of sp³-hybridized carbons (Fsp3) is 0.241. The zero-order chi connectivity index (χ0) is 27.1. The van der Waals surface area contributed by atoms with Crippen LogP contribution in [-0.4, -0.2) is 46.6 Å². The molecule has 4 rings (SSSR count). The summed E-state index contributed by atoms with van der Waals surface area (Å²) in [5, 5.41) is 6.23. The van der Waals surface area contributed by atoms with Crippen molar-refractivity contribution in [2.45, 2.75) is 26.7 Å². The molecule has 0 spiro atoms. The highest BCUT2D eigenvalue weighted by molar-refractivity contribution is 6.35. The molecule has 38 heavy (non-hydrogen) atoms. The third-order valence-corrected chi connectivity index (χ3v) is 6.57. The number of amides is 1. The van der Waals surface area contributed by atoms with Gasteiger partial charge in [0.25, 0.3) is 5.91 Å². The van der Waals surface area contributed by atoms with E-state index in [2.05, 4.69) is 0 Å². The maximum Gasteiger partial charge on any atom is 0.274 e. The molecule has 0 aliphatic heterocycles. The average Bonchev–Trinajstić information content (AvgIpc) is 3.34. The monoisotopic (exact) mass is 571 g/mol. The summed E-state index contributed by atoms with van der Waals surface area (Å²) >= 11 is 18.8. The smallest absolute Gasteiger partial charge is 0.274 e. The molecule has 4 aromatic rings. The number of nitrogens with zero attached hydrogens (tertiary/aromatic N) is 3. The lowest BCUT2D eigenvalue weighted by Gasteiger charge is -2.27. The first-order chi connectivity index (χ1) is 18.4. The molecule has 0 atom stereocenters. The van der Waals surface area contributed by atoms with Crippen LogP contribution in [0.3, 0.4) is 0 Å². The first-order valence-corrected chi connectivity index (χ1v) is 13.4. The van der Waals surface area contributed by atoms with Gasteiger partial charge in [-0.2, -0.15) is 5.10 Å². The van der Waals surface area contributed by atoms with E-state index in [1.165, 1.54) is 0 Å². The Morgan fingerprint density at radius 3 is 2.18 bits per heavy atom. The summed E-state index contributed by atoms with van der Waals surface area (Å²) in [5.41, 5.74) is 3.33. The van der Waals surface area contributed by atoms with Crippen LogP contribution < -0.4 is 0 Å². The van der Waals surface area contributed by atoms with Gasteiger partial charge in [-0.05, 0) is 55.8 Å². The SMILES string of the molecule is CCOC(CN(Cc1ccccc1)C(=O)c1cc(-c2ccc(Cl)cc2)n(-c2ccc(Cl)cc2Cl)n1)OCC. The van der Waals surface area contributed by atoms with E-state index < -0.39 is 6.29 Å². The highest BCUT2D eigenvalue weighted by Crippen LogP contribution is 2.31. The lowest BCUT2D eigenvalue weighted by molar-refractivity contribution is -0.144. The minimum atomic E-state index is -0.568. The van der Waals surface area contributed by atoms with Crippen LogP contribution in [0.2, 0.25) is 15.1 Å². The highest BCUT2D eigenvalue weighted by atomic mass is 35.5. The van der Waals surface area contributed by atoms with Gasteiger partial charge < -0.3 is 14.4 Å². The van der Waals surface area contributed by atoms with Crippen molar-refractivity contribution in [2.24, 2.45) is 0 Å². The van der Waals surface area contributed by atoms with Crippen molar-refractivity contribution >= 4 is 40.7 Å². The molecule has 0 fully saturated rings. The van der Waals surface area contributed by atoms with E-state index in [0.717, 1.165) is 11.1 Å². The van der Waals surface area contributed by atoms with Crippen molar-refractivity contribution in [3.8, 4) is 16.9 Å². The molecule has 9 heteroatoms. The molecule has 0 radical (unpaired) electrons. The summed E-state index contributed by atoms with van der Waals surface area (Å²) in [6.07, 6.45) is -0.568. The van der Waals surface area contributed by atoms with E-state index in [0.29, 0.717) is 46.2 Å². The van der Waals surface area contributed by atoms with Gasteiger partial charge in [-0.3, -0.25) is 4.79 Å². The second-order valence-corrected chi connectivity index (χ2v) is 9.72. The Bertz CT molecular complexity index is 1350. The summed E-state index contributed by atoms with van der Waals surface area (Å²) in [6.45, 7) is 5.31. The molecular formula is C29H28Cl3N3O3. The molecule has 198 valence electrons. The van der Waals surface area contributed by atoms with Crippen molar-refractivity contribution in [3.63, 3.8) is 0 Å². The Balaban J connectivity index is 1.77. The topological polar surface area (TPSA) is 56.6 Å². The summed E-state index contributed by atoms with van der Waals surface area (Å²) in [4.78, 5) is 15.7. The van der Waals surface area contributed by atoms with Crippen molar-refractivity contribution in [3.05, 3.63) is 105 Å². The maximum absolute atomic E-state index is 14.0. The van der Waals surface area contributed by atoms with Gasteiger partial charge >= 0.3 is 0 Å². The number of carbonyl (C=O) groups is 1. The van der Waals surface area contributed by atoms with Gasteiger partial charge in [-0.25, -0.2) is 4.68 Å². The number of hydrogen-bond donors (Lipinski definition) is 0. The minimum Gasteiger partial charge on any atom is -0.351 e.